The van der Waals surface area contributed by atoms with Crippen molar-refractivity contribution in [3.8, 4) is 22.8 Å². The van der Waals surface area contributed by atoms with Gasteiger partial charge in [0.25, 0.3) is 0 Å². The molecule has 7 nitrogen and oxygen atoms in total. The van der Waals surface area contributed by atoms with Gasteiger partial charge in [-0.25, -0.2) is 9.67 Å². The highest BCUT2D eigenvalue weighted by molar-refractivity contribution is 5.86. The number of halogens is 3. The van der Waals surface area contributed by atoms with Gasteiger partial charge in [0.2, 0.25) is 0 Å². The lowest BCUT2D eigenvalue weighted by atomic mass is 10.0. The highest BCUT2D eigenvalue weighted by Crippen LogP contribution is 2.40. The number of aryl methyl sites for hydroxylation is 1. The second-order valence-electron chi connectivity index (χ2n) is 6.25. The molecule has 0 saturated carbocycles. The number of carboxylic acids is 1. The van der Waals surface area contributed by atoms with E-state index >= 15 is 0 Å². The standard InChI is InChI=1S/C18H14F3N3O4/c1-9-16-11(18(19,20)21)7-12(22-17(16)24(23-9)8-15(25)26)10-2-3-13-14(6-10)28-5-4-27-13/h2-3,6-7H,4-5,8H2,1H3,(H,25,26). The molecule has 0 amide bonds. The number of aliphatic carboxylic acids is 1. The molecule has 1 aromatic carbocycles. The number of nitrogens with zero attached hydrogens (tertiary/aromatic N) is 3. The number of carboxylic acid groups (broad SMARTS) is 1. The van der Waals surface area contributed by atoms with Crippen LogP contribution in [0.3, 0.4) is 0 Å². The zero-order chi connectivity index (χ0) is 20.1. The minimum absolute atomic E-state index is 0.0309. The maximum absolute atomic E-state index is 13.7. The van der Waals surface area contributed by atoms with Gasteiger partial charge in [0.15, 0.2) is 17.1 Å². The molecule has 4 rings (SSSR count). The van der Waals surface area contributed by atoms with Crippen LogP contribution in [0.15, 0.2) is 24.3 Å². The Hall–Kier alpha value is -3.30. The number of pyridine rings is 1. The summed E-state index contributed by atoms with van der Waals surface area (Å²) in [6.07, 6.45) is -4.66. The van der Waals surface area contributed by atoms with Gasteiger partial charge in [-0.1, -0.05) is 0 Å². The molecule has 0 atom stereocenters. The van der Waals surface area contributed by atoms with Crippen molar-refractivity contribution in [3.05, 3.63) is 35.5 Å². The van der Waals surface area contributed by atoms with Gasteiger partial charge >= 0.3 is 12.1 Å². The number of rotatable bonds is 3. The van der Waals surface area contributed by atoms with Gasteiger partial charge in [-0.3, -0.25) is 4.79 Å². The SMILES string of the molecule is Cc1nn(CC(=O)O)c2nc(-c3ccc4c(c3)OCCO4)cc(C(F)(F)F)c12. The topological polar surface area (TPSA) is 86.5 Å². The van der Waals surface area contributed by atoms with E-state index in [1.807, 2.05) is 0 Å². The average molecular weight is 393 g/mol. The van der Waals surface area contributed by atoms with E-state index in [1.165, 1.54) is 6.92 Å². The predicted molar refractivity (Wildman–Crippen MR) is 91.3 cm³/mol. The van der Waals surface area contributed by atoms with Gasteiger partial charge in [0.05, 0.1) is 22.3 Å². The first-order valence-corrected chi connectivity index (χ1v) is 8.31. The lowest BCUT2D eigenvalue weighted by molar-refractivity contribution is -0.138. The molecule has 0 bridgehead atoms. The summed E-state index contributed by atoms with van der Waals surface area (Å²) in [4.78, 5) is 15.4. The third-order valence-electron chi connectivity index (χ3n) is 4.31. The van der Waals surface area contributed by atoms with Crippen molar-refractivity contribution in [3.63, 3.8) is 0 Å². The number of hydrogen-bond acceptors (Lipinski definition) is 5. The Labute approximate surface area is 156 Å². The van der Waals surface area contributed by atoms with Gasteiger partial charge in [-0.05, 0) is 31.2 Å². The molecule has 1 aliphatic rings. The highest BCUT2D eigenvalue weighted by atomic mass is 19.4. The first-order chi connectivity index (χ1) is 13.2. The van der Waals surface area contributed by atoms with Crippen molar-refractivity contribution in [1.82, 2.24) is 14.8 Å². The molecule has 0 unspecified atom stereocenters. The van der Waals surface area contributed by atoms with E-state index in [-0.39, 0.29) is 22.4 Å². The maximum Gasteiger partial charge on any atom is 0.417 e. The Morgan fingerprint density at radius 2 is 1.93 bits per heavy atom. The van der Waals surface area contributed by atoms with Crippen molar-refractivity contribution in [2.45, 2.75) is 19.6 Å². The van der Waals surface area contributed by atoms with Gasteiger partial charge in [-0.2, -0.15) is 18.3 Å². The molecule has 1 N–H and O–H groups in total. The molecule has 0 saturated heterocycles. The highest BCUT2D eigenvalue weighted by Gasteiger charge is 2.36. The molecule has 1 aliphatic heterocycles. The quantitative estimate of drug-likeness (QED) is 0.735. The molecule has 146 valence electrons. The van der Waals surface area contributed by atoms with Crippen LogP contribution in [0.1, 0.15) is 11.3 Å². The van der Waals surface area contributed by atoms with Crippen LogP contribution < -0.4 is 9.47 Å². The molecule has 0 radical (unpaired) electrons. The Kier molecular flexibility index (Phi) is 4.13. The summed E-state index contributed by atoms with van der Waals surface area (Å²) < 4.78 is 53.0. The van der Waals surface area contributed by atoms with Gasteiger partial charge in [-0.15, -0.1) is 0 Å². The zero-order valence-corrected chi connectivity index (χ0v) is 14.6. The van der Waals surface area contributed by atoms with E-state index in [1.54, 1.807) is 18.2 Å². The maximum atomic E-state index is 13.7. The fourth-order valence-corrected chi connectivity index (χ4v) is 3.17. The Morgan fingerprint density at radius 1 is 1.21 bits per heavy atom. The van der Waals surface area contributed by atoms with Crippen LogP contribution in [0.4, 0.5) is 13.2 Å². The van der Waals surface area contributed by atoms with Crippen molar-refractivity contribution in [2.24, 2.45) is 0 Å². The molecule has 0 spiro atoms. The molecule has 0 aliphatic carbocycles. The fraction of sp³-hybridized carbons (Fsp3) is 0.278. The van der Waals surface area contributed by atoms with E-state index in [0.717, 1.165) is 10.7 Å². The van der Waals surface area contributed by atoms with Crippen molar-refractivity contribution >= 4 is 17.0 Å². The fourth-order valence-electron chi connectivity index (χ4n) is 3.17. The van der Waals surface area contributed by atoms with E-state index in [2.05, 4.69) is 10.1 Å². The molecule has 3 aromatic rings. The number of ether oxygens (including phenoxy) is 2. The number of hydrogen-bond donors (Lipinski definition) is 1. The summed E-state index contributed by atoms with van der Waals surface area (Å²) in [6.45, 7) is 1.52. The summed E-state index contributed by atoms with van der Waals surface area (Å²) in [5.41, 5.74) is -0.582. The third-order valence-corrected chi connectivity index (χ3v) is 4.31. The number of benzene rings is 1. The van der Waals surface area contributed by atoms with E-state index in [4.69, 9.17) is 14.6 Å². The molecule has 3 heterocycles. The molecule has 2 aromatic heterocycles. The van der Waals surface area contributed by atoms with Gasteiger partial charge < -0.3 is 14.6 Å². The largest absolute Gasteiger partial charge is 0.486 e. The van der Waals surface area contributed by atoms with Crippen LogP contribution in [-0.2, 0) is 17.5 Å². The third kappa shape index (κ3) is 3.10. The van der Waals surface area contributed by atoms with E-state index < -0.39 is 24.3 Å². The van der Waals surface area contributed by atoms with E-state index in [0.29, 0.717) is 30.3 Å². The minimum atomic E-state index is -4.66. The number of alkyl halides is 3. The van der Waals surface area contributed by atoms with Crippen LogP contribution in [-0.4, -0.2) is 39.1 Å². The summed E-state index contributed by atoms with van der Waals surface area (Å²) >= 11 is 0. The van der Waals surface area contributed by atoms with Gasteiger partial charge in [0, 0.05) is 5.56 Å². The van der Waals surface area contributed by atoms with Gasteiger partial charge in [0.1, 0.15) is 19.8 Å². The summed E-state index contributed by atoms with van der Waals surface area (Å²) in [5.74, 6) is -0.321. The molecular weight excluding hydrogens is 379 g/mol. The smallest absolute Gasteiger partial charge is 0.417 e. The summed E-state index contributed by atoms with van der Waals surface area (Å²) in [7, 11) is 0. The van der Waals surface area contributed by atoms with Crippen LogP contribution in [0.25, 0.3) is 22.3 Å². The Bertz CT molecular complexity index is 1090. The monoisotopic (exact) mass is 393 g/mol. The van der Waals surface area contributed by atoms with Crippen LogP contribution >= 0.6 is 0 Å². The van der Waals surface area contributed by atoms with Crippen molar-refractivity contribution in [1.29, 1.82) is 0 Å². The van der Waals surface area contributed by atoms with Crippen LogP contribution in [0.2, 0.25) is 0 Å². The Balaban J connectivity index is 1.95. The average Bonchev–Trinajstić information content (AvgIpc) is 2.94. The number of fused-ring (bicyclic) bond motifs is 2. The second-order valence-corrected chi connectivity index (χ2v) is 6.25. The summed E-state index contributed by atoms with van der Waals surface area (Å²) in [6, 6.07) is 5.66. The molecule has 10 heteroatoms. The lowest BCUT2D eigenvalue weighted by Gasteiger charge is -2.19. The summed E-state index contributed by atoms with van der Waals surface area (Å²) in [5, 5.41) is 12.8. The molecule has 0 fully saturated rings. The number of aromatic nitrogens is 3. The van der Waals surface area contributed by atoms with Crippen LogP contribution in [0.5, 0.6) is 11.5 Å². The first kappa shape index (κ1) is 18.1. The van der Waals surface area contributed by atoms with Crippen molar-refractivity contribution < 1.29 is 32.5 Å². The van der Waals surface area contributed by atoms with Crippen molar-refractivity contribution in [2.75, 3.05) is 13.2 Å². The number of carbonyl (C=O) groups is 1. The molecular formula is C18H14F3N3O4. The lowest BCUT2D eigenvalue weighted by Crippen LogP contribution is -2.15. The predicted octanol–water partition coefficient (Wildman–Crippen LogP) is 3.28. The van der Waals surface area contributed by atoms with Crippen LogP contribution in [0, 0.1) is 6.92 Å². The molecule has 28 heavy (non-hydrogen) atoms. The van der Waals surface area contributed by atoms with E-state index in [9.17, 15) is 18.0 Å². The second kappa shape index (κ2) is 6.39. The zero-order valence-electron chi connectivity index (χ0n) is 14.6. The normalized spacial score (nSPS) is 13.7. The minimum Gasteiger partial charge on any atom is -0.486 e. The Morgan fingerprint density at radius 3 is 2.61 bits per heavy atom. The first-order valence-electron chi connectivity index (χ1n) is 8.31.